The molecule has 0 amide bonds. The molecule has 2 rings (SSSR count). The molecule has 0 aliphatic rings. The van der Waals surface area contributed by atoms with Crippen molar-refractivity contribution in [1.29, 1.82) is 0 Å². The van der Waals surface area contributed by atoms with Crippen LogP contribution < -0.4 is 24.8 Å². The first-order valence-electron chi connectivity index (χ1n) is 9.99. The van der Waals surface area contributed by atoms with Crippen LogP contribution in [0.4, 0.5) is 0 Å². The van der Waals surface area contributed by atoms with E-state index in [9.17, 15) is 0 Å². The monoisotopic (exact) mass is 527 g/mol. The number of ether oxygens (including phenoxy) is 3. The van der Waals surface area contributed by atoms with E-state index < -0.39 is 0 Å². The molecule has 0 aliphatic heterocycles. The summed E-state index contributed by atoms with van der Waals surface area (Å²) in [5.74, 6) is 3.60. The van der Waals surface area contributed by atoms with Gasteiger partial charge in [-0.3, -0.25) is 4.99 Å². The van der Waals surface area contributed by atoms with Gasteiger partial charge >= 0.3 is 0 Å². The van der Waals surface area contributed by atoms with Crippen LogP contribution in [0.2, 0.25) is 0 Å². The predicted molar refractivity (Wildman–Crippen MR) is 134 cm³/mol. The molecule has 0 saturated carbocycles. The smallest absolute Gasteiger partial charge is 0.191 e. The fourth-order valence-corrected chi connectivity index (χ4v) is 3.01. The highest BCUT2D eigenvalue weighted by Crippen LogP contribution is 2.28. The molecule has 0 fully saturated rings. The zero-order chi connectivity index (χ0) is 21.1. The molecule has 0 aromatic heterocycles. The number of nitrogens with zero attached hydrogens (tertiary/aromatic N) is 1. The third kappa shape index (κ3) is 7.93. The molecule has 0 bridgehead atoms. The highest BCUT2D eigenvalue weighted by atomic mass is 127. The fourth-order valence-electron chi connectivity index (χ4n) is 3.01. The van der Waals surface area contributed by atoms with Crippen LogP contribution in [0, 0.1) is 0 Å². The van der Waals surface area contributed by atoms with Gasteiger partial charge in [0.15, 0.2) is 17.5 Å². The summed E-state index contributed by atoms with van der Waals surface area (Å²) >= 11 is 0. The SMILES string of the molecule is CCOc1ccc(CNC(=NC)NCCC(C)c2ccc(OC)cc2)cc1OC.I. The second kappa shape index (κ2) is 14.0. The van der Waals surface area contributed by atoms with E-state index in [1.165, 1.54) is 5.56 Å². The van der Waals surface area contributed by atoms with Crippen LogP contribution in [0.25, 0.3) is 0 Å². The quantitative estimate of drug-likeness (QED) is 0.269. The minimum atomic E-state index is 0. The lowest BCUT2D eigenvalue weighted by molar-refractivity contribution is 0.310. The van der Waals surface area contributed by atoms with Gasteiger partial charge in [-0.2, -0.15) is 0 Å². The Morgan fingerprint density at radius 1 is 1.00 bits per heavy atom. The number of guanidine groups is 1. The van der Waals surface area contributed by atoms with E-state index in [0.717, 1.165) is 41.7 Å². The van der Waals surface area contributed by atoms with E-state index in [4.69, 9.17) is 14.2 Å². The average Bonchev–Trinajstić information content (AvgIpc) is 2.76. The van der Waals surface area contributed by atoms with Gasteiger partial charge in [0, 0.05) is 20.1 Å². The average molecular weight is 527 g/mol. The van der Waals surface area contributed by atoms with Crippen molar-refractivity contribution in [2.24, 2.45) is 4.99 Å². The maximum atomic E-state index is 5.57. The molecule has 1 unspecified atom stereocenters. The molecule has 2 aromatic carbocycles. The number of hydrogen-bond donors (Lipinski definition) is 2. The van der Waals surface area contributed by atoms with Crippen molar-refractivity contribution in [3.63, 3.8) is 0 Å². The van der Waals surface area contributed by atoms with E-state index in [-0.39, 0.29) is 24.0 Å². The number of benzene rings is 2. The van der Waals surface area contributed by atoms with Gasteiger partial charge in [0.05, 0.1) is 20.8 Å². The van der Waals surface area contributed by atoms with Crippen molar-refractivity contribution >= 4 is 29.9 Å². The van der Waals surface area contributed by atoms with Gasteiger partial charge in [-0.05, 0) is 54.7 Å². The lowest BCUT2D eigenvalue weighted by Gasteiger charge is -2.16. The summed E-state index contributed by atoms with van der Waals surface area (Å²) in [5, 5.41) is 6.72. The molecular formula is C23H34IN3O3. The maximum Gasteiger partial charge on any atom is 0.191 e. The van der Waals surface area contributed by atoms with Gasteiger partial charge in [-0.1, -0.05) is 25.1 Å². The van der Waals surface area contributed by atoms with Crippen LogP contribution in [-0.4, -0.2) is 40.4 Å². The summed E-state index contributed by atoms with van der Waals surface area (Å²) in [6.07, 6.45) is 1.00. The van der Waals surface area contributed by atoms with Crippen molar-refractivity contribution in [1.82, 2.24) is 10.6 Å². The number of aliphatic imine (C=N–C) groups is 1. The molecule has 30 heavy (non-hydrogen) atoms. The van der Waals surface area contributed by atoms with Gasteiger partial charge in [0.2, 0.25) is 0 Å². The van der Waals surface area contributed by atoms with Crippen LogP contribution in [0.3, 0.4) is 0 Å². The predicted octanol–water partition coefficient (Wildman–Crippen LogP) is 4.58. The first-order chi connectivity index (χ1) is 14.1. The fraction of sp³-hybridized carbons (Fsp3) is 0.435. The van der Waals surface area contributed by atoms with Gasteiger partial charge < -0.3 is 24.8 Å². The summed E-state index contributed by atoms with van der Waals surface area (Å²) < 4.78 is 16.2. The van der Waals surface area contributed by atoms with Gasteiger partial charge in [-0.25, -0.2) is 0 Å². The maximum absolute atomic E-state index is 5.57. The Kier molecular flexibility index (Phi) is 12.0. The second-order valence-electron chi connectivity index (χ2n) is 6.73. The minimum absolute atomic E-state index is 0. The molecule has 166 valence electrons. The third-order valence-corrected chi connectivity index (χ3v) is 4.77. The van der Waals surface area contributed by atoms with Gasteiger partial charge in [0.25, 0.3) is 0 Å². The van der Waals surface area contributed by atoms with Crippen LogP contribution in [0.15, 0.2) is 47.5 Å². The van der Waals surface area contributed by atoms with E-state index >= 15 is 0 Å². The van der Waals surface area contributed by atoms with Crippen LogP contribution in [0.1, 0.15) is 37.3 Å². The zero-order valence-electron chi connectivity index (χ0n) is 18.5. The van der Waals surface area contributed by atoms with Crippen molar-refractivity contribution in [2.45, 2.75) is 32.7 Å². The molecule has 1 atom stereocenters. The summed E-state index contributed by atoms with van der Waals surface area (Å²) in [6, 6.07) is 14.2. The lowest BCUT2D eigenvalue weighted by atomic mass is 9.98. The summed E-state index contributed by atoms with van der Waals surface area (Å²) in [6.45, 7) is 6.28. The van der Waals surface area contributed by atoms with Crippen LogP contribution >= 0.6 is 24.0 Å². The molecule has 0 saturated heterocycles. The molecule has 0 spiro atoms. The first kappa shape index (κ1) is 25.9. The van der Waals surface area contributed by atoms with E-state index in [2.05, 4.69) is 34.7 Å². The highest BCUT2D eigenvalue weighted by molar-refractivity contribution is 14.0. The second-order valence-corrected chi connectivity index (χ2v) is 6.73. The number of methoxy groups -OCH3 is 2. The minimum Gasteiger partial charge on any atom is -0.497 e. The van der Waals surface area contributed by atoms with Crippen molar-refractivity contribution in [3.8, 4) is 17.2 Å². The molecule has 0 heterocycles. The Morgan fingerprint density at radius 3 is 2.33 bits per heavy atom. The molecule has 0 radical (unpaired) electrons. The molecule has 2 N–H and O–H groups in total. The highest BCUT2D eigenvalue weighted by Gasteiger charge is 2.08. The number of rotatable bonds is 10. The van der Waals surface area contributed by atoms with Crippen molar-refractivity contribution in [2.75, 3.05) is 34.4 Å². The molecule has 6 nitrogen and oxygen atoms in total. The zero-order valence-corrected chi connectivity index (χ0v) is 20.9. The Hall–Kier alpha value is -2.16. The van der Waals surface area contributed by atoms with Crippen LogP contribution in [-0.2, 0) is 6.54 Å². The summed E-state index contributed by atoms with van der Waals surface area (Å²) in [5.41, 5.74) is 2.40. The number of nitrogens with one attached hydrogen (secondary N) is 2. The molecule has 7 heteroatoms. The Bertz CT molecular complexity index is 782. The Morgan fingerprint density at radius 2 is 1.73 bits per heavy atom. The first-order valence-corrected chi connectivity index (χ1v) is 9.99. The number of halogens is 1. The number of hydrogen-bond acceptors (Lipinski definition) is 4. The topological polar surface area (TPSA) is 64.1 Å². The molecule has 0 aliphatic carbocycles. The van der Waals surface area contributed by atoms with E-state index in [0.29, 0.717) is 19.1 Å². The standard InChI is InChI=1S/C23H33N3O3.HI/c1-6-29-21-12-7-18(15-22(21)28-5)16-26-23(24-3)25-14-13-17(2)19-8-10-20(27-4)11-9-19;/h7-12,15,17H,6,13-14,16H2,1-5H3,(H2,24,25,26);1H. The summed E-state index contributed by atoms with van der Waals surface area (Å²) in [7, 11) is 5.12. The van der Waals surface area contributed by atoms with Crippen molar-refractivity contribution < 1.29 is 14.2 Å². The summed E-state index contributed by atoms with van der Waals surface area (Å²) in [4.78, 5) is 4.31. The third-order valence-electron chi connectivity index (χ3n) is 4.77. The van der Waals surface area contributed by atoms with E-state index in [1.54, 1.807) is 21.3 Å². The van der Waals surface area contributed by atoms with Gasteiger partial charge in [-0.15, -0.1) is 24.0 Å². The molecule has 2 aromatic rings. The van der Waals surface area contributed by atoms with Crippen LogP contribution in [0.5, 0.6) is 17.2 Å². The largest absolute Gasteiger partial charge is 0.497 e. The van der Waals surface area contributed by atoms with Gasteiger partial charge in [0.1, 0.15) is 5.75 Å². The lowest BCUT2D eigenvalue weighted by Crippen LogP contribution is -2.37. The Balaban J connectivity index is 0.00000450. The van der Waals surface area contributed by atoms with E-state index in [1.807, 2.05) is 37.3 Å². The molecular weight excluding hydrogens is 493 g/mol. The normalized spacial score (nSPS) is 11.8. The van der Waals surface area contributed by atoms with Crippen molar-refractivity contribution in [3.05, 3.63) is 53.6 Å². The Labute approximate surface area is 197 Å².